The predicted octanol–water partition coefficient (Wildman–Crippen LogP) is -1.10. The van der Waals surface area contributed by atoms with Crippen molar-refractivity contribution in [2.45, 2.75) is 13.0 Å². The lowest BCUT2D eigenvalue weighted by Crippen LogP contribution is -2.20. The molecule has 0 aromatic heterocycles. The maximum Gasteiger partial charge on any atom is 0.302 e. The minimum Gasteiger partial charge on any atom is -0.463 e. The van der Waals surface area contributed by atoms with Crippen molar-refractivity contribution in [3.63, 3.8) is 0 Å². The van der Waals surface area contributed by atoms with Crippen molar-refractivity contribution in [3.05, 3.63) is 0 Å². The summed E-state index contributed by atoms with van der Waals surface area (Å²) in [5.74, 6) is -0.646. The van der Waals surface area contributed by atoms with E-state index in [1.54, 1.807) is 0 Å². The van der Waals surface area contributed by atoms with Crippen LogP contribution in [0, 0.1) is 0 Å². The molecule has 4 heteroatoms. The van der Waals surface area contributed by atoms with Gasteiger partial charge in [0.25, 0.3) is 0 Å². The second kappa shape index (κ2) is 4.29. The second-order valence-corrected chi connectivity index (χ2v) is 1.50. The SMILES string of the molecule is [2H]C(OC(C)=O)C(O)CO. The summed E-state index contributed by atoms with van der Waals surface area (Å²) in [5.41, 5.74) is 0. The Bertz CT molecular complexity index is 116. The fraction of sp³-hybridized carbons (Fsp3) is 0.800. The first-order valence-corrected chi connectivity index (χ1v) is 2.46. The van der Waals surface area contributed by atoms with Crippen molar-refractivity contribution in [2.24, 2.45) is 0 Å². The van der Waals surface area contributed by atoms with E-state index in [1.807, 2.05) is 0 Å². The fourth-order valence-corrected chi connectivity index (χ4v) is 0.217. The lowest BCUT2D eigenvalue weighted by molar-refractivity contribution is -0.144. The van der Waals surface area contributed by atoms with Crippen molar-refractivity contribution >= 4 is 5.97 Å². The van der Waals surface area contributed by atoms with E-state index in [-0.39, 0.29) is 0 Å². The molecule has 0 aliphatic rings. The Kier molecular flexibility index (Phi) is 3.10. The zero-order chi connectivity index (χ0) is 8.15. The van der Waals surface area contributed by atoms with Gasteiger partial charge in [-0.15, -0.1) is 0 Å². The molecule has 0 spiro atoms. The highest BCUT2D eigenvalue weighted by molar-refractivity contribution is 5.65. The molecular weight excluding hydrogens is 124 g/mol. The average molecular weight is 135 g/mol. The lowest BCUT2D eigenvalue weighted by atomic mass is 10.4. The van der Waals surface area contributed by atoms with Gasteiger partial charge in [-0.2, -0.15) is 0 Å². The summed E-state index contributed by atoms with van der Waals surface area (Å²) in [6.45, 7) is -0.838. The first-order chi connectivity index (χ1) is 4.57. The van der Waals surface area contributed by atoms with Gasteiger partial charge in [0.1, 0.15) is 12.7 Å². The quantitative estimate of drug-likeness (QED) is 0.482. The Labute approximate surface area is 54.5 Å². The smallest absolute Gasteiger partial charge is 0.302 e. The van der Waals surface area contributed by atoms with Gasteiger partial charge < -0.3 is 14.9 Å². The van der Waals surface area contributed by atoms with Crippen LogP contribution in [0.2, 0.25) is 0 Å². The molecule has 9 heavy (non-hydrogen) atoms. The van der Waals surface area contributed by atoms with E-state index in [2.05, 4.69) is 4.74 Å². The van der Waals surface area contributed by atoms with Crippen molar-refractivity contribution in [1.29, 1.82) is 0 Å². The van der Waals surface area contributed by atoms with Crippen LogP contribution in [-0.2, 0) is 9.53 Å². The van der Waals surface area contributed by atoms with E-state index in [1.165, 1.54) is 0 Å². The van der Waals surface area contributed by atoms with Crippen LogP contribution in [0.3, 0.4) is 0 Å². The Morgan fingerprint density at radius 1 is 2.00 bits per heavy atom. The average Bonchev–Trinajstić information content (AvgIpc) is 1.85. The number of aliphatic hydroxyl groups is 2. The molecule has 0 rings (SSSR count). The van der Waals surface area contributed by atoms with Crippen LogP contribution >= 0.6 is 0 Å². The van der Waals surface area contributed by atoms with E-state index in [4.69, 9.17) is 11.6 Å². The number of hydrogen-bond acceptors (Lipinski definition) is 4. The minimum absolute atomic E-state index is 0.582. The van der Waals surface area contributed by atoms with Crippen LogP contribution in [0.25, 0.3) is 0 Å². The van der Waals surface area contributed by atoms with Gasteiger partial charge in [0.05, 0.1) is 7.98 Å². The topological polar surface area (TPSA) is 66.8 Å². The molecule has 0 fully saturated rings. The number of carbonyl (C=O) groups is 1. The molecule has 0 aliphatic heterocycles. The van der Waals surface area contributed by atoms with E-state index in [0.717, 1.165) is 6.92 Å². The summed E-state index contributed by atoms with van der Waals surface area (Å²) in [5, 5.41) is 16.9. The molecule has 0 saturated heterocycles. The van der Waals surface area contributed by atoms with Crippen LogP contribution in [0.15, 0.2) is 0 Å². The van der Waals surface area contributed by atoms with Gasteiger partial charge in [-0.05, 0) is 0 Å². The number of aliphatic hydroxyl groups excluding tert-OH is 2. The largest absolute Gasteiger partial charge is 0.463 e. The molecule has 0 aromatic rings. The van der Waals surface area contributed by atoms with Crippen LogP contribution < -0.4 is 0 Å². The highest BCUT2D eigenvalue weighted by Crippen LogP contribution is 1.82. The van der Waals surface area contributed by atoms with Crippen LogP contribution in [0.4, 0.5) is 0 Å². The highest BCUT2D eigenvalue weighted by Gasteiger charge is 2.02. The Morgan fingerprint density at radius 3 is 2.89 bits per heavy atom. The van der Waals surface area contributed by atoms with Gasteiger partial charge in [-0.1, -0.05) is 0 Å². The van der Waals surface area contributed by atoms with E-state index in [9.17, 15) is 4.79 Å². The number of hydrogen-bond donors (Lipinski definition) is 2. The standard InChI is InChI=1S/C5H10O4/c1-4(7)9-3-5(8)2-6/h5-6,8H,2-3H2,1H3/i3D. The summed E-state index contributed by atoms with van der Waals surface area (Å²) in [4.78, 5) is 10.1. The maximum atomic E-state index is 10.1. The van der Waals surface area contributed by atoms with Crippen LogP contribution in [0.1, 0.15) is 8.29 Å². The fourth-order valence-electron chi connectivity index (χ4n) is 0.217. The summed E-state index contributed by atoms with van der Waals surface area (Å²) in [7, 11) is 0. The zero-order valence-electron chi connectivity index (χ0n) is 6.07. The third-order valence-corrected chi connectivity index (χ3v) is 0.578. The monoisotopic (exact) mass is 135 g/mol. The Hall–Kier alpha value is -0.610. The number of ether oxygens (including phenoxy) is 1. The van der Waals surface area contributed by atoms with Gasteiger partial charge in [-0.3, -0.25) is 4.79 Å². The molecule has 2 N–H and O–H groups in total. The minimum atomic E-state index is -1.39. The molecule has 2 unspecified atom stereocenters. The number of esters is 1. The van der Waals surface area contributed by atoms with Crippen LogP contribution in [-0.4, -0.2) is 35.5 Å². The van der Waals surface area contributed by atoms with Crippen LogP contribution in [0.5, 0.6) is 0 Å². The Balaban J connectivity index is 3.61. The zero-order valence-corrected chi connectivity index (χ0v) is 5.07. The second-order valence-electron chi connectivity index (χ2n) is 1.50. The van der Waals surface area contributed by atoms with Gasteiger partial charge in [-0.25, -0.2) is 0 Å². The molecule has 0 saturated carbocycles. The molecule has 0 radical (unpaired) electrons. The number of carbonyl (C=O) groups excluding carboxylic acids is 1. The maximum absolute atomic E-state index is 10.1. The summed E-state index contributed by atoms with van der Waals surface area (Å²) >= 11 is 0. The molecular formula is C5H10O4. The summed E-state index contributed by atoms with van der Waals surface area (Å²) < 4.78 is 11.1. The third kappa shape index (κ3) is 5.26. The first kappa shape index (κ1) is 6.51. The normalized spacial score (nSPS) is 17.9. The highest BCUT2D eigenvalue weighted by atomic mass is 16.5. The van der Waals surface area contributed by atoms with Gasteiger partial charge in [0.2, 0.25) is 0 Å². The van der Waals surface area contributed by atoms with E-state index < -0.39 is 25.3 Å². The van der Waals surface area contributed by atoms with E-state index >= 15 is 0 Å². The van der Waals surface area contributed by atoms with Crippen molar-refractivity contribution in [3.8, 4) is 0 Å². The van der Waals surface area contributed by atoms with Gasteiger partial charge >= 0.3 is 5.97 Å². The molecule has 2 atom stereocenters. The predicted molar refractivity (Wildman–Crippen MR) is 29.7 cm³/mol. The molecule has 0 bridgehead atoms. The number of rotatable bonds is 3. The van der Waals surface area contributed by atoms with Crippen molar-refractivity contribution < 1.29 is 21.1 Å². The lowest BCUT2D eigenvalue weighted by Gasteiger charge is -2.05. The van der Waals surface area contributed by atoms with Crippen molar-refractivity contribution in [1.82, 2.24) is 0 Å². The molecule has 4 nitrogen and oxygen atoms in total. The molecule has 54 valence electrons. The van der Waals surface area contributed by atoms with Gasteiger partial charge in [0, 0.05) is 6.92 Å². The van der Waals surface area contributed by atoms with Crippen molar-refractivity contribution in [2.75, 3.05) is 13.2 Å². The van der Waals surface area contributed by atoms with Gasteiger partial charge in [0.15, 0.2) is 0 Å². The Morgan fingerprint density at radius 2 is 2.56 bits per heavy atom. The summed E-state index contributed by atoms with van der Waals surface area (Å²) in [6.07, 6.45) is -1.32. The third-order valence-electron chi connectivity index (χ3n) is 0.578. The molecule has 0 aliphatic carbocycles. The molecule has 0 amide bonds. The summed E-state index contributed by atoms with van der Waals surface area (Å²) in [6, 6.07) is 0. The van der Waals surface area contributed by atoms with E-state index in [0.29, 0.717) is 0 Å². The first-order valence-electron chi connectivity index (χ1n) is 3.04. The molecule has 0 aromatic carbocycles. The molecule has 0 heterocycles.